The van der Waals surface area contributed by atoms with Gasteiger partial charge in [-0.05, 0) is 27.7 Å². The van der Waals surface area contributed by atoms with Crippen molar-refractivity contribution in [2.75, 3.05) is 0 Å². The molecule has 0 aromatic carbocycles. The Morgan fingerprint density at radius 2 is 2.00 bits per heavy atom. The van der Waals surface area contributed by atoms with Crippen molar-refractivity contribution >= 4 is 38.6 Å². The van der Waals surface area contributed by atoms with Crippen LogP contribution in [0.25, 0.3) is 0 Å². The smallest absolute Gasteiger partial charge is 0.221 e. The van der Waals surface area contributed by atoms with Crippen molar-refractivity contribution in [3.63, 3.8) is 0 Å². The molecule has 0 aliphatic heterocycles. The molecule has 5 nitrogen and oxygen atoms in total. The van der Waals surface area contributed by atoms with E-state index in [0.717, 1.165) is 15.6 Å². The molecule has 1 aromatic heterocycles. The number of nitrogens with two attached hydrogens (primary N) is 1. The summed E-state index contributed by atoms with van der Waals surface area (Å²) in [6.45, 7) is 7.01. The zero-order chi connectivity index (χ0) is 14.1. The van der Waals surface area contributed by atoms with E-state index in [-0.39, 0.29) is 11.0 Å². The summed E-state index contributed by atoms with van der Waals surface area (Å²) in [5.74, 6) is 0. The lowest BCUT2D eigenvalue weighted by Crippen LogP contribution is -2.40. The average molecular weight is 307 g/mol. The molecular formula is C10H17N3O2S3. The van der Waals surface area contributed by atoms with Gasteiger partial charge in [-0.25, -0.2) is 18.1 Å². The second-order valence-electron chi connectivity index (χ2n) is 4.11. The average Bonchev–Trinajstić information content (AvgIpc) is 2.55. The predicted molar refractivity (Wildman–Crippen MR) is 78.3 cm³/mol. The molecule has 2 unspecified atom stereocenters. The van der Waals surface area contributed by atoms with E-state index in [2.05, 4.69) is 9.71 Å². The third kappa shape index (κ3) is 3.47. The van der Waals surface area contributed by atoms with Crippen molar-refractivity contribution in [3.8, 4) is 0 Å². The number of nitrogens with one attached hydrogen (secondary N) is 1. The molecule has 0 fully saturated rings. The van der Waals surface area contributed by atoms with Gasteiger partial charge in [0.2, 0.25) is 10.0 Å². The minimum atomic E-state index is -3.55. The lowest BCUT2D eigenvalue weighted by molar-refractivity contribution is 0.565. The molecule has 0 bridgehead atoms. The van der Waals surface area contributed by atoms with Gasteiger partial charge in [0.1, 0.15) is 5.25 Å². The van der Waals surface area contributed by atoms with Crippen molar-refractivity contribution in [1.29, 1.82) is 0 Å². The van der Waals surface area contributed by atoms with Gasteiger partial charge in [-0.1, -0.05) is 12.2 Å². The van der Waals surface area contributed by atoms with Gasteiger partial charge in [-0.3, -0.25) is 0 Å². The van der Waals surface area contributed by atoms with Gasteiger partial charge in [-0.2, -0.15) is 0 Å². The van der Waals surface area contributed by atoms with E-state index in [4.69, 9.17) is 18.0 Å². The largest absolute Gasteiger partial charge is 0.392 e. The molecule has 0 aliphatic rings. The quantitative estimate of drug-likeness (QED) is 0.804. The highest BCUT2D eigenvalue weighted by Gasteiger charge is 2.26. The fraction of sp³-hybridized carbons (Fsp3) is 0.600. The summed E-state index contributed by atoms with van der Waals surface area (Å²) in [5, 5.41) is 0.0280. The Labute approximate surface area is 117 Å². The molecule has 1 heterocycles. The van der Waals surface area contributed by atoms with Crippen molar-refractivity contribution in [3.05, 3.63) is 15.6 Å². The highest BCUT2D eigenvalue weighted by Crippen LogP contribution is 2.25. The van der Waals surface area contributed by atoms with Crippen molar-refractivity contribution < 1.29 is 8.42 Å². The molecular weight excluding hydrogens is 290 g/mol. The normalized spacial score (nSPS) is 15.3. The first-order valence-corrected chi connectivity index (χ1v) is 8.16. The minimum Gasteiger partial charge on any atom is -0.392 e. The number of thiazole rings is 1. The summed E-state index contributed by atoms with van der Waals surface area (Å²) in [7, 11) is -3.55. The zero-order valence-electron chi connectivity index (χ0n) is 10.7. The SMILES string of the molecule is Cc1nc(C)c(C(C)NS(=O)(=O)C(C)C(N)=S)s1. The first-order chi connectivity index (χ1) is 8.15. The summed E-state index contributed by atoms with van der Waals surface area (Å²) in [6.07, 6.45) is 0. The van der Waals surface area contributed by atoms with Gasteiger partial charge in [0.15, 0.2) is 0 Å². The number of hydrogen-bond donors (Lipinski definition) is 2. The van der Waals surface area contributed by atoms with Crippen molar-refractivity contribution in [2.24, 2.45) is 5.73 Å². The van der Waals surface area contributed by atoms with Gasteiger partial charge in [0.05, 0.1) is 21.7 Å². The van der Waals surface area contributed by atoms with Crippen LogP contribution in [0.5, 0.6) is 0 Å². The Balaban J connectivity index is 2.92. The maximum atomic E-state index is 12.0. The molecule has 8 heteroatoms. The lowest BCUT2D eigenvalue weighted by Gasteiger charge is -2.17. The van der Waals surface area contributed by atoms with Crippen LogP contribution in [0.15, 0.2) is 0 Å². The van der Waals surface area contributed by atoms with Crippen LogP contribution < -0.4 is 10.5 Å². The number of nitrogens with zero attached hydrogens (tertiary/aromatic N) is 1. The Hall–Kier alpha value is -0.570. The Bertz CT molecular complexity index is 551. The Morgan fingerprint density at radius 1 is 1.44 bits per heavy atom. The third-order valence-corrected chi connectivity index (χ3v) is 6.17. The van der Waals surface area contributed by atoms with Crippen LogP contribution in [0.1, 0.15) is 35.5 Å². The molecule has 1 rings (SSSR count). The minimum absolute atomic E-state index is 0.0353. The number of hydrogen-bond acceptors (Lipinski definition) is 5. The van der Waals surface area contributed by atoms with Crippen LogP contribution >= 0.6 is 23.6 Å². The standard InChI is InChI=1S/C10H17N3O2S3/c1-5-9(17-8(4)12-5)6(2)13-18(14,15)7(3)10(11)16/h6-7,13H,1-4H3,(H2,11,16). The number of sulfonamides is 1. The first kappa shape index (κ1) is 15.5. The third-order valence-electron chi connectivity index (χ3n) is 2.54. The van der Waals surface area contributed by atoms with Crippen LogP contribution in [0.4, 0.5) is 0 Å². The summed E-state index contributed by atoms with van der Waals surface area (Å²) in [5.41, 5.74) is 6.22. The number of aryl methyl sites for hydroxylation is 2. The van der Waals surface area contributed by atoms with Crippen LogP contribution in [-0.2, 0) is 10.0 Å². The molecule has 0 radical (unpaired) electrons. The first-order valence-electron chi connectivity index (χ1n) is 5.39. The number of aromatic nitrogens is 1. The fourth-order valence-corrected chi connectivity index (χ4v) is 4.01. The van der Waals surface area contributed by atoms with E-state index in [9.17, 15) is 8.42 Å². The van der Waals surface area contributed by atoms with Gasteiger partial charge < -0.3 is 5.73 Å². The molecule has 0 aliphatic carbocycles. The maximum absolute atomic E-state index is 12.0. The van der Waals surface area contributed by atoms with Gasteiger partial charge in [-0.15, -0.1) is 11.3 Å². The number of thiocarbonyl (C=S) groups is 1. The highest BCUT2D eigenvalue weighted by atomic mass is 32.2. The van der Waals surface area contributed by atoms with E-state index >= 15 is 0 Å². The summed E-state index contributed by atoms with van der Waals surface area (Å²) < 4.78 is 26.5. The molecule has 0 saturated carbocycles. The topological polar surface area (TPSA) is 85.1 Å². The van der Waals surface area contributed by atoms with Crippen LogP contribution in [0.3, 0.4) is 0 Å². The molecule has 0 spiro atoms. The molecule has 0 saturated heterocycles. The molecule has 18 heavy (non-hydrogen) atoms. The van der Waals surface area contributed by atoms with Gasteiger partial charge in [0.25, 0.3) is 0 Å². The molecule has 1 aromatic rings. The summed E-state index contributed by atoms with van der Waals surface area (Å²) >= 11 is 6.20. The predicted octanol–water partition coefficient (Wildman–Crippen LogP) is 1.41. The van der Waals surface area contributed by atoms with Crippen molar-refractivity contribution in [2.45, 2.75) is 39.0 Å². The van der Waals surface area contributed by atoms with Crippen molar-refractivity contribution in [1.82, 2.24) is 9.71 Å². The second-order valence-corrected chi connectivity index (χ2v) is 7.85. The second kappa shape index (κ2) is 5.60. The molecule has 2 atom stereocenters. The molecule has 102 valence electrons. The summed E-state index contributed by atoms with van der Waals surface area (Å²) in [6, 6.07) is -0.335. The van der Waals surface area contributed by atoms with Crippen LogP contribution in [-0.4, -0.2) is 23.6 Å². The molecule has 0 amide bonds. The van der Waals surface area contributed by atoms with E-state index in [1.54, 1.807) is 6.92 Å². The zero-order valence-corrected chi connectivity index (χ0v) is 13.2. The van der Waals surface area contributed by atoms with Crippen LogP contribution in [0, 0.1) is 13.8 Å². The maximum Gasteiger partial charge on any atom is 0.221 e. The van der Waals surface area contributed by atoms with E-state index < -0.39 is 15.3 Å². The molecule has 3 N–H and O–H groups in total. The van der Waals surface area contributed by atoms with E-state index in [0.29, 0.717) is 0 Å². The summed E-state index contributed by atoms with van der Waals surface area (Å²) in [4.78, 5) is 5.15. The van der Waals surface area contributed by atoms with E-state index in [1.807, 2.05) is 13.8 Å². The van der Waals surface area contributed by atoms with Crippen LogP contribution in [0.2, 0.25) is 0 Å². The highest BCUT2D eigenvalue weighted by molar-refractivity contribution is 7.93. The number of rotatable bonds is 5. The Morgan fingerprint density at radius 3 is 2.39 bits per heavy atom. The fourth-order valence-electron chi connectivity index (χ4n) is 1.50. The van der Waals surface area contributed by atoms with Gasteiger partial charge in [0, 0.05) is 4.88 Å². The van der Waals surface area contributed by atoms with E-state index in [1.165, 1.54) is 18.3 Å². The Kier molecular flexibility index (Phi) is 4.82. The monoisotopic (exact) mass is 307 g/mol. The lowest BCUT2D eigenvalue weighted by atomic mass is 10.2. The van der Waals surface area contributed by atoms with Gasteiger partial charge >= 0.3 is 0 Å².